The molecule has 0 bridgehead atoms. The third kappa shape index (κ3) is 3.58. The van der Waals surface area contributed by atoms with E-state index in [4.69, 9.17) is 15.2 Å². The van der Waals surface area contributed by atoms with Crippen molar-refractivity contribution in [2.24, 2.45) is 11.7 Å². The molecule has 0 saturated heterocycles. The van der Waals surface area contributed by atoms with Gasteiger partial charge in [0, 0.05) is 17.5 Å². The van der Waals surface area contributed by atoms with E-state index in [0.717, 1.165) is 18.4 Å². The zero-order valence-electron chi connectivity index (χ0n) is 13.3. The van der Waals surface area contributed by atoms with Gasteiger partial charge in [-0.2, -0.15) is 0 Å². The van der Waals surface area contributed by atoms with Gasteiger partial charge in [0.15, 0.2) is 0 Å². The quantitative estimate of drug-likeness (QED) is 0.821. The lowest BCUT2D eigenvalue weighted by molar-refractivity contribution is -0.151. The van der Waals surface area contributed by atoms with Crippen LogP contribution in [0, 0.1) is 11.7 Å². The molecule has 0 amide bonds. The van der Waals surface area contributed by atoms with Crippen molar-refractivity contribution in [1.82, 2.24) is 0 Å². The average molecular weight is 309 g/mol. The second kappa shape index (κ2) is 7.09. The Morgan fingerprint density at radius 1 is 1.36 bits per heavy atom. The molecule has 4 nitrogen and oxygen atoms in total. The summed E-state index contributed by atoms with van der Waals surface area (Å²) in [6, 6.07) is 3.87. The minimum absolute atomic E-state index is 0.00741. The van der Waals surface area contributed by atoms with E-state index in [1.165, 1.54) is 25.7 Å². The Balaban J connectivity index is 2.28. The van der Waals surface area contributed by atoms with Crippen molar-refractivity contribution in [1.29, 1.82) is 0 Å². The van der Waals surface area contributed by atoms with Gasteiger partial charge in [-0.15, -0.1) is 0 Å². The molecule has 3 atom stereocenters. The maximum absolute atomic E-state index is 13.4. The van der Waals surface area contributed by atoms with Gasteiger partial charge in [-0.25, -0.2) is 4.39 Å². The lowest BCUT2D eigenvalue weighted by Gasteiger charge is -2.38. The molecule has 0 heterocycles. The number of carbonyl (C=O) groups is 1. The number of esters is 1. The van der Waals surface area contributed by atoms with Crippen molar-refractivity contribution in [3.8, 4) is 5.75 Å². The standard InChI is InChI=1S/C17H24FNO3/c1-10(19)17(20)22-11(2)16(12-5-4-6-12)14-8-7-13(18)9-15(14)21-3/h7-12,16H,4-6,19H2,1-3H3/t10-,11-,16-/m0/s1. The number of rotatable bonds is 6. The Morgan fingerprint density at radius 3 is 2.55 bits per heavy atom. The summed E-state index contributed by atoms with van der Waals surface area (Å²) in [7, 11) is 1.52. The predicted octanol–water partition coefficient (Wildman–Crippen LogP) is 3.00. The van der Waals surface area contributed by atoms with E-state index in [9.17, 15) is 9.18 Å². The van der Waals surface area contributed by atoms with E-state index < -0.39 is 12.0 Å². The Kier molecular flexibility index (Phi) is 5.40. The van der Waals surface area contributed by atoms with E-state index in [-0.39, 0.29) is 17.8 Å². The third-order valence-corrected chi connectivity index (χ3v) is 4.39. The Morgan fingerprint density at radius 2 is 2.05 bits per heavy atom. The first kappa shape index (κ1) is 16.7. The number of nitrogens with two attached hydrogens (primary N) is 1. The van der Waals surface area contributed by atoms with Crippen LogP contribution in [0.2, 0.25) is 0 Å². The molecule has 1 aromatic rings. The number of halogens is 1. The summed E-state index contributed by atoms with van der Waals surface area (Å²) >= 11 is 0. The molecule has 1 fully saturated rings. The Bertz CT molecular complexity index is 529. The van der Waals surface area contributed by atoms with Gasteiger partial charge in [0.2, 0.25) is 0 Å². The van der Waals surface area contributed by atoms with E-state index in [2.05, 4.69) is 0 Å². The van der Waals surface area contributed by atoms with Crippen LogP contribution >= 0.6 is 0 Å². The minimum atomic E-state index is -0.653. The van der Waals surface area contributed by atoms with Crippen LogP contribution in [-0.2, 0) is 9.53 Å². The molecule has 0 aromatic heterocycles. The van der Waals surface area contributed by atoms with Crippen molar-refractivity contribution in [3.63, 3.8) is 0 Å². The molecule has 1 aromatic carbocycles. The van der Waals surface area contributed by atoms with E-state index in [0.29, 0.717) is 11.7 Å². The molecule has 2 rings (SSSR count). The van der Waals surface area contributed by atoms with Gasteiger partial charge in [-0.1, -0.05) is 12.5 Å². The average Bonchev–Trinajstić information content (AvgIpc) is 2.42. The maximum atomic E-state index is 13.4. The summed E-state index contributed by atoms with van der Waals surface area (Å²) < 4.78 is 24.3. The van der Waals surface area contributed by atoms with Gasteiger partial charge < -0.3 is 15.2 Å². The molecular weight excluding hydrogens is 285 g/mol. The van der Waals surface area contributed by atoms with Crippen molar-refractivity contribution in [3.05, 3.63) is 29.6 Å². The molecule has 5 heteroatoms. The molecule has 0 unspecified atom stereocenters. The number of benzene rings is 1. The highest BCUT2D eigenvalue weighted by Crippen LogP contribution is 2.45. The monoisotopic (exact) mass is 309 g/mol. The minimum Gasteiger partial charge on any atom is -0.496 e. The van der Waals surface area contributed by atoms with Crippen molar-refractivity contribution in [2.75, 3.05) is 7.11 Å². The van der Waals surface area contributed by atoms with Gasteiger partial charge in [0.1, 0.15) is 23.7 Å². The number of hydrogen-bond donors (Lipinski definition) is 1. The zero-order chi connectivity index (χ0) is 16.3. The first-order valence-corrected chi connectivity index (χ1v) is 7.73. The summed E-state index contributed by atoms with van der Waals surface area (Å²) in [5, 5.41) is 0. The second-order valence-electron chi connectivity index (χ2n) is 6.03. The summed E-state index contributed by atoms with van der Waals surface area (Å²) in [6.07, 6.45) is 2.98. The molecule has 1 aliphatic carbocycles. The first-order chi connectivity index (χ1) is 10.4. The van der Waals surface area contributed by atoms with Crippen LogP contribution in [0.25, 0.3) is 0 Å². The summed E-state index contributed by atoms with van der Waals surface area (Å²) in [6.45, 7) is 3.47. The molecule has 1 saturated carbocycles. The molecule has 22 heavy (non-hydrogen) atoms. The SMILES string of the molecule is COc1cc(F)ccc1[C@H](C1CCC1)[C@H](C)OC(=O)[C@H](C)N. The molecule has 0 aliphatic heterocycles. The molecule has 0 radical (unpaired) electrons. The molecule has 0 spiro atoms. The highest BCUT2D eigenvalue weighted by Gasteiger charge is 2.36. The van der Waals surface area contributed by atoms with Crippen LogP contribution in [0.5, 0.6) is 5.75 Å². The fraction of sp³-hybridized carbons (Fsp3) is 0.588. The highest BCUT2D eigenvalue weighted by atomic mass is 19.1. The van der Waals surface area contributed by atoms with Gasteiger partial charge >= 0.3 is 5.97 Å². The predicted molar refractivity (Wildman–Crippen MR) is 82.2 cm³/mol. The second-order valence-corrected chi connectivity index (χ2v) is 6.03. The normalized spacial score (nSPS) is 19.0. The van der Waals surface area contributed by atoms with Crippen LogP contribution in [0.1, 0.15) is 44.6 Å². The third-order valence-electron chi connectivity index (χ3n) is 4.39. The zero-order valence-corrected chi connectivity index (χ0v) is 13.3. The van der Waals surface area contributed by atoms with Gasteiger partial charge in [0.05, 0.1) is 7.11 Å². The molecule has 1 aliphatic rings. The van der Waals surface area contributed by atoms with Crippen LogP contribution < -0.4 is 10.5 Å². The van der Waals surface area contributed by atoms with Crippen LogP contribution in [0.15, 0.2) is 18.2 Å². The maximum Gasteiger partial charge on any atom is 0.322 e. The van der Waals surface area contributed by atoms with Gasteiger partial charge in [-0.05, 0) is 38.7 Å². The fourth-order valence-corrected chi connectivity index (χ4v) is 3.01. The van der Waals surface area contributed by atoms with Gasteiger partial charge in [0.25, 0.3) is 0 Å². The van der Waals surface area contributed by atoms with Crippen LogP contribution in [0.3, 0.4) is 0 Å². The number of hydrogen-bond acceptors (Lipinski definition) is 4. The van der Waals surface area contributed by atoms with E-state index >= 15 is 0 Å². The van der Waals surface area contributed by atoms with Crippen molar-refractivity contribution < 1.29 is 18.7 Å². The topological polar surface area (TPSA) is 61.5 Å². The largest absolute Gasteiger partial charge is 0.496 e. The molecule has 122 valence electrons. The van der Waals surface area contributed by atoms with Crippen molar-refractivity contribution in [2.45, 2.75) is 51.2 Å². The number of methoxy groups -OCH3 is 1. The van der Waals surface area contributed by atoms with Crippen molar-refractivity contribution >= 4 is 5.97 Å². The number of ether oxygens (including phenoxy) is 2. The summed E-state index contributed by atoms with van der Waals surface area (Å²) in [5.74, 6) is 0.147. The highest BCUT2D eigenvalue weighted by molar-refractivity contribution is 5.75. The smallest absolute Gasteiger partial charge is 0.322 e. The Labute approximate surface area is 130 Å². The summed E-state index contributed by atoms with van der Waals surface area (Å²) in [5.41, 5.74) is 6.46. The lowest BCUT2D eigenvalue weighted by atomic mass is 9.70. The van der Waals surface area contributed by atoms with Crippen LogP contribution in [0.4, 0.5) is 4.39 Å². The van der Waals surface area contributed by atoms with Crippen LogP contribution in [-0.4, -0.2) is 25.2 Å². The first-order valence-electron chi connectivity index (χ1n) is 7.73. The van der Waals surface area contributed by atoms with E-state index in [1.54, 1.807) is 13.0 Å². The summed E-state index contributed by atoms with van der Waals surface area (Å²) in [4.78, 5) is 11.8. The fourth-order valence-electron chi connectivity index (χ4n) is 3.01. The molecule has 2 N–H and O–H groups in total. The molecular formula is C17H24FNO3. The lowest BCUT2D eigenvalue weighted by Crippen LogP contribution is -2.36. The number of carbonyl (C=O) groups excluding carboxylic acids is 1. The Hall–Kier alpha value is -1.62. The van der Waals surface area contributed by atoms with Gasteiger partial charge in [-0.3, -0.25) is 4.79 Å². The van der Waals surface area contributed by atoms with E-state index in [1.807, 2.05) is 6.92 Å².